The molecule has 1 heterocycles. The highest BCUT2D eigenvalue weighted by Crippen LogP contribution is 2.12. The van der Waals surface area contributed by atoms with Gasteiger partial charge in [0, 0.05) is 12.1 Å². The Hall–Kier alpha value is -1.60. The molecule has 0 aromatic carbocycles. The molecule has 3 N–H and O–H groups in total. The molecule has 0 aliphatic heterocycles. The van der Waals surface area contributed by atoms with Crippen LogP contribution in [0.4, 0.5) is 5.82 Å². The lowest BCUT2D eigenvalue weighted by Crippen LogP contribution is -2.45. The molecule has 0 fully saturated rings. The zero-order valence-corrected chi connectivity index (χ0v) is 9.83. The Morgan fingerprint density at radius 3 is 2.69 bits per heavy atom. The molecule has 1 rings (SSSR count). The van der Waals surface area contributed by atoms with Crippen molar-refractivity contribution in [2.45, 2.75) is 32.2 Å². The van der Waals surface area contributed by atoms with E-state index in [9.17, 15) is 0 Å². The number of aromatic nitrogens is 1. The van der Waals surface area contributed by atoms with Crippen molar-refractivity contribution in [3.8, 4) is 6.07 Å². The van der Waals surface area contributed by atoms with E-state index in [4.69, 9.17) is 11.0 Å². The van der Waals surface area contributed by atoms with Crippen LogP contribution in [0.5, 0.6) is 0 Å². The minimum Gasteiger partial charge on any atom is -0.368 e. The van der Waals surface area contributed by atoms with Crippen molar-refractivity contribution < 1.29 is 0 Å². The summed E-state index contributed by atoms with van der Waals surface area (Å²) in [5.41, 5.74) is 6.37. The molecule has 4 nitrogen and oxygen atoms in total. The van der Waals surface area contributed by atoms with E-state index in [2.05, 4.69) is 24.1 Å². The summed E-state index contributed by atoms with van der Waals surface area (Å²) in [6, 6.07) is 7.34. The average Bonchev–Trinajstić information content (AvgIpc) is 2.36. The van der Waals surface area contributed by atoms with Crippen LogP contribution >= 0.6 is 0 Å². The van der Waals surface area contributed by atoms with Gasteiger partial charge in [-0.25, -0.2) is 4.98 Å². The van der Waals surface area contributed by atoms with Crippen LogP contribution < -0.4 is 11.1 Å². The number of pyridine rings is 1. The van der Waals surface area contributed by atoms with Crippen molar-refractivity contribution in [3.63, 3.8) is 0 Å². The Morgan fingerprint density at radius 1 is 1.44 bits per heavy atom. The van der Waals surface area contributed by atoms with Crippen molar-refractivity contribution in [1.29, 1.82) is 5.26 Å². The predicted molar refractivity (Wildman–Crippen MR) is 64.9 cm³/mol. The Balaban J connectivity index is 2.64. The molecule has 0 atom stereocenters. The monoisotopic (exact) mass is 218 g/mol. The van der Waals surface area contributed by atoms with E-state index in [1.165, 1.54) is 0 Å². The van der Waals surface area contributed by atoms with Gasteiger partial charge < -0.3 is 11.1 Å². The third kappa shape index (κ3) is 3.21. The molecule has 0 aliphatic rings. The van der Waals surface area contributed by atoms with Gasteiger partial charge in [0.25, 0.3) is 0 Å². The van der Waals surface area contributed by atoms with Gasteiger partial charge in [0.05, 0.1) is 0 Å². The number of hydrogen-bond acceptors (Lipinski definition) is 4. The van der Waals surface area contributed by atoms with Crippen molar-refractivity contribution in [2.75, 3.05) is 11.9 Å². The summed E-state index contributed by atoms with van der Waals surface area (Å²) in [5.74, 6) is 0.704. The van der Waals surface area contributed by atoms with Gasteiger partial charge in [0.15, 0.2) is 0 Å². The molecule has 0 radical (unpaired) electrons. The second-order valence-electron chi connectivity index (χ2n) is 3.94. The van der Waals surface area contributed by atoms with Crippen molar-refractivity contribution in [2.24, 2.45) is 5.73 Å². The fourth-order valence-corrected chi connectivity index (χ4v) is 1.36. The van der Waals surface area contributed by atoms with Crippen LogP contribution in [0.2, 0.25) is 0 Å². The Bertz CT molecular complexity index is 377. The summed E-state index contributed by atoms with van der Waals surface area (Å²) in [6.45, 7) is 4.82. The molecule has 0 bridgehead atoms. The maximum atomic E-state index is 8.72. The molecule has 0 unspecified atom stereocenters. The molecule has 0 saturated heterocycles. The maximum absolute atomic E-state index is 8.72. The second kappa shape index (κ2) is 5.47. The van der Waals surface area contributed by atoms with Crippen LogP contribution in [-0.4, -0.2) is 17.1 Å². The normalized spacial score (nSPS) is 10.9. The fraction of sp³-hybridized carbons (Fsp3) is 0.500. The summed E-state index contributed by atoms with van der Waals surface area (Å²) in [4.78, 5) is 4.14. The number of anilines is 1. The van der Waals surface area contributed by atoms with Gasteiger partial charge in [-0.05, 0) is 25.0 Å². The first-order valence-electron chi connectivity index (χ1n) is 5.53. The van der Waals surface area contributed by atoms with E-state index in [0.717, 1.165) is 12.8 Å². The van der Waals surface area contributed by atoms with Gasteiger partial charge in [-0.3, -0.25) is 0 Å². The van der Waals surface area contributed by atoms with Crippen LogP contribution in [0, 0.1) is 11.3 Å². The van der Waals surface area contributed by atoms with E-state index in [1.807, 2.05) is 18.2 Å². The minimum absolute atomic E-state index is 0.204. The summed E-state index contributed by atoms with van der Waals surface area (Å²) in [7, 11) is 0. The lowest BCUT2D eigenvalue weighted by atomic mass is 9.94. The summed E-state index contributed by atoms with van der Waals surface area (Å²) >= 11 is 0. The quantitative estimate of drug-likeness (QED) is 0.791. The highest BCUT2D eigenvalue weighted by Gasteiger charge is 2.19. The van der Waals surface area contributed by atoms with Crippen molar-refractivity contribution in [1.82, 2.24) is 4.98 Å². The number of nitrogens with zero attached hydrogens (tertiary/aromatic N) is 2. The second-order valence-corrected chi connectivity index (χ2v) is 3.94. The van der Waals surface area contributed by atoms with Crippen LogP contribution in [0.3, 0.4) is 0 Å². The molecule has 0 aliphatic carbocycles. The molecule has 0 spiro atoms. The summed E-state index contributed by atoms with van der Waals surface area (Å²) in [6.07, 6.45) is 1.82. The van der Waals surface area contributed by atoms with Gasteiger partial charge in [-0.1, -0.05) is 19.9 Å². The lowest BCUT2D eigenvalue weighted by molar-refractivity contribution is 0.418. The number of nitrogens with two attached hydrogens (primary N) is 1. The van der Waals surface area contributed by atoms with Crippen molar-refractivity contribution in [3.05, 3.63) is 23.9 Å². The van der Waals surface area contributed by atoms with Crippen LogP contribution in [0.1, 0.15) is 32.4 Å². The number of hydrogen-bond donors (Lipinski definition) is 2. The first-order valence-corrected chi connectivity index (χ1v) is 5.53. The van der Waals surface area contributed by atoms with E-state index >= 15 is 0 Å². The molecule has 0 amide bonds. The Morgan fingerprint density at radius 2 is 2.12 bits per heavy atom. The molecular weight excluding hydrogens is 200 g/mol. The Labute approximate surface area is 96.5 Å². The van der Waals surface area contributed by atoms with Crippen LogP contribution in [-0.2, 0) is 0 Å². The summed E-state index contributed by atoms with van der Waals surface area (Å²) < 4.78 is 0. The topological polar surface area (TPSA) is 74.7 Å². The Kier molecular flexibility index (Phi) is 4.27. The van der Waals surface area contributed by atoms with Crippen LogP contribution in [0.25, 0.3) is 0 Å². The van der Waals surface area contributed by atoms with Gasteiger partial charge in [0.2, 0.25) is 0 Å². The van der Waals surface area contributed by atoms with E-state index in [-0.39, 0.29) is 5.54 Å². The van der Waals surface area contributed by atoms with Gasteiger partial charge in [-0.2, -0.15) is 5.26 Å². The minimum atomic E-state index is -0.204. The van der Waals surface area contributed by atoms with E-state index in [1.54, 1.807) is 6.07 Å². The van der Waals surface area contributed by atoms with Gasteiger partial charge in [-0.15, -0.1) is 0 Å². The molecule has 1 aromatic rings. The largest absolute Gasteiger partial charge is 0.368 e. The highest BCUT2D eigenvalue weighted by atomic mass is 15.0. The average molecular weight is 218 g/mol. The SMILES string of the molecule is CCC(N)(CC)CNc1cccc(C#N)n1. The third-order valence-electron chi connectivity index (χ3n) is 2.89. The van der Waals surface area contributed by atoms with Crippen molar-refractivity contribution >= 4 is 5.82 Å². The molecule has 16 heavy (non-hydrogen) atoms. The zero-order valence-electron chi connectivity index (χ0n) is 9.83. The maximum Gasteiger partial charge on any atom is 0.142 e. The summed E-state index contributed by atoms with van der Waals surface area (Å²) in [5, 5.41) is 11.9. The first-order chi connectivity index (χ1) is 7.63. The molecular formula is C12H18N4. The number of nitrogens with one attached hydrogen (secondary N) is 1. The lowest BCUT2D eigenvalue weighted by Gasteiger charge is -2.27. The fourth-order valence-electron chi connectivity index (χ4n) is 1.36. The third-order valence-corrected chi connectivity index (χ3v) is 2.89. The number of nitriles is 1. The standard InChI is InChI=1S/C12H18N4/c1-3-12(14,4-2)9-15-11-7-5-6-10(8-13)16-11/h5-7H,3-4,9,14H2,1-2H3,(H,15,16). The molecule has 86 valence electrons. The molecule has 4 heteroatoms. The smallest absolute Gasteiger partial charge is 0.142 e. The highest BCUT2D eigenvalue weighted by molar-refractivity contribution is 5.38. The molecule has 1 aromatic heterocycles. The predicted octanol–water partition coefficient (Wildman–Crippen LogP) is 1.88. The van der Waals surface area contributed by atoms with E-state index < -0.39 is 0 Å². The number of rotatable bonds is 5. The van der Waals surface area contributed by atoms with Gasteiger partial charge in [0.1, 0.15) is 17.6 Å². The molecule has 0 saturated carbocycles. The van der Waals surface area contributed by atoms with Crippen LogP contribution in [0.15, 0.2) is 18.2 Å². The van der Waals surface area contributed by atoms with Gasteiger partial charge >= 0.3 is 0 Å². The first kappa shape index (κ1) is 12.5. The van der Waals surface area contributed by atoms with E-state index in [0.29, 0.717) is 18.1 Å². The zero-order chi connectivity index (χ0) is 12.0.